The van der Waals surface area contributed by atoms with E-state index in [-0.39, 0.29) is 11.8 Å². The average molecular weight is 440 g/mol. The summed E-state index contributed by atoms with van der Waals surface area (Å²) >= 11 is 0. The van der Waals surface area contributed by atoms with Gasteiger partial charge in [0.15, 0.2) is 0 Å². The quantitative estimate of drug-likeness (QED) is 0.569. The van der Waals surface area contributed by atoms with Crippen molar-refractivity contribution in [3.63, 3.8) is 0 Å². The molecule has 0 fully saturated rings. The van der Waals surface area contributed by atoms with E-state index in [1.165, 1.54) is 0 Å². The molecule has 0 unspecified atom stereocenters. The van der Waals surface area contributed by atoms with Crippen LogP contribution in [0.3, 0.4) is 0 Å². The Morgan fingerprint density at radius 2 is 1.88 bits per heavy atom. The molecule has 0 bridgehead atoms. The smallest absolute Gasteiger partial charge is 0.255 e. The summed E-state index contributed by atoms with van der Waals surface area (Å²) in [7, 11) is 0. The Kier molecular flexibility index (Phi) is 6.70. The van der Waals surface area contributed by atoms with Gasteiger partial charge in [0.05, 0.1) is 12.5 Å². The fourth-order valence-corrected chi connectivity index (χ4v) is 3.91. The molecule has 166 valence electrons. The summed E-state index contributed by atoms with van der Waals surface area (Å²) in [6.07, 6.45) is 1.58. The molecule has 6 nitrogen and oxygen atoms in total. The van der Waals surface area contributed by atoms with Crippen LogP contribution < -0.4 is 15.0 Å². The molecule has 0 saturated carbocycles. The Morgan fingerprint density at radius 3 is 2.64 bits per heavy atom. The topological polar surface area (TPSA) is 82.4 Å². The number of nitrogens with zero attached hydrogens (tertiary/aromatic N) is 2. The Hall–Kier alpha value is -4.11. The van der Waals surface area contributed by atoms with Crippen molar-refractivity contribution in [3.05, 3.63) is 89.0 Å². The number of carbonyl (C=O) groups is 2. The predicted molar refractivity (Wildman–Crippen MR) is 127 cm³/mol. The number of benzene rings is 3. The third-order valence-corrected chi connectivity index (χ3v) is 5.71. The average Bonchev–Trinajstić information content (AvgIpc) is 3.27. The fourth-order valence-electron chi connectivity index (χ4n) is 3.91. The Labute approximate surface area is 193 Å². The van der Waals surface area contributed by atoms with Crippen LogP contribution in [0.15, 0.2) is 66.7 Å². The Balaban J connectivity index is 1.44. The van der Waals surface area contributed by atoms with Crippen molar-refractivity contribution in [2.45, 2.75) is 32.8 Å². The fraction of sp³-hybridized carbons (Fsp3) is 0.222. The monoisotopic (exact) mass is 439 g/mol. The molecule has 0 aromatic heterocycles. The highest BCUT2D eigenvalue weighted by atomic mass is 16.5. The molecule has 3 aromatic carbocycles. The van der Waals surface area contributed by atoms with E-state index in [0.29, 0.717) is 43.0 Å². The molecule has 0 radical (unpaired) electrons. The molecule has 3 aromatic rings. The number of carbonyl (C=O) groups excluding carboxylic acids is 2. The highest BCUT2D eigenvalue weighted by Gasteiger charge is 2.24. The van der Waals surface area contributed by atoms with Gasteiger partial charge >= 0.3 is 0 Å². The third-order valence-electron chi connectivity index (χ3n) is 5.71. The van der Waals surface area contributed by atoms with E-state index in [4.69, 9.17) is 10.00 Å². The number of hydrogen-bond acceptors (Lipinski definition) is 4. The van der Waals surface area contributed by atoms with Gasteiger partial charge < -0.3 is 15.0 Å². The van der Waals surface area contributed by atoms with Gasteiger partial charge in [-0.25, -0.2) is 0 Å². The van der Waals surface area contributed by atoms with Crippen LogP contribution in [0.25, 0.3) is 0 Å². The first-order chi connectivity index (χ1) is 16.1. The maximum atomic E-state index is 13.0. The summed E-state index contributed by atoms with van der Waals surface area (Å²) in [6.45, 7) is 2.81. The number of fused-ring (bicyclic) bond motifs is 1. The minimum atomic E-state index is -0.202. The molecule has 1 heterocycles. The summed E-state index contributed by atoms with van der Waals surface area (Å²) in [5.74, 6) is 0.591. The lowest BCUT2D eigenvalue weighted by Crippen LogP contribution is -2.27. The first-order valence-electron chi connectivity index (χ1n) is 11.0. The zero-order valence-corrected chi connectivity index (χ0v) is 18.5. The molecule has 0 spiro atoms. The van der Waals surface area contributed by atoms with E-state index in [2.05, 4.69) is 11.4 Å². The van der Waals surface area contributed by atoms with Crippen molar-refractivity contribution in [1.82, 2.24) is 0 Å². The molecule has 0 aliphatic carbocycles. The van der Waals surface area contributed by atoms with Gasteiger partial charge in [-0.1, -0.05) is 37.3 Å². The predicted octanol–water partition coefficient (Wildman–Crippen LogP) is 4.88. The van der Waals surface area contributed by atoms with Gasteiger partial charge in [-0.05, 0) is 53.9 Å². The highest BCUT2D eigenvalue weighted by Crippen LogP contribution is 2.30. The third kappa shape index (κ3) is 5.04. The number of nitrogens with one attached hydrogen (secondary N) is 1. The summed E-state index contributed by atoms with van der Waals surface area (Å²) in [4.78, 5) is 26.8. The number of amides is 2. The molecule has 0 atom stereocenters. The van der Waals surface area contributed by atoms with E-state index in [1.54, 1.807) is 11.0 Å². The molecule has 6 heteroatoms. The standard InChI is InChI=1S/C27H25N3O3/c1-2-26(31)30-16-14-20-17-21(9-12-25(20)30)27(32)29-24-6-4-3-5-22(24)18-33-23-10-7-19(8-11-23)13-15-28/h3-12,17H,2,13-14,16,18H2,1H3,(H,29,32). The van der Waals surface area contributed by atoms with Crippen LogP contribution in [-0.4, -0.2) is 18.4 Å². The molecule has 1 aliphatic rings. The Bertz CT molecular complexity index is 1210. The van der Waals surface area contributed by atoms with Crippen LogP contribution >= 0.6 is 0 Å². The summed E-state index contributed by atoms with van der Waals surface area (Å²) in [6, 6.07) is 22.6. The number of rotatable bonds is 7. The summed E-state index contributed by atoms with van der Waals surface area (Å²) < 4.78 is 5.89. The lowest BCUT2D eigenvalue weighted by atomic mass is 10.1. The lowest BCUT2D eigenvalue weighted by Gasteiger charge is -2.16. The van der Waals surface area contributed by atoms with Crippen LogP contribution in [0.2, 0.25) is 0 Å². The van der Waals surface area contributed by atoms with Crippen molar-refractivity contribution in [2.75, 3.05) is 16.8 Å². The molecule has 4 rings (SSSR count). The normalized spacial score (nSPS) is 12.1. The van der Waals surface area contributed by atoms with Gasteiger partial charge in [-0.15, -0.1) is 0 Å². The van der Waals surface area contributed by atoms with Crippen molar-refractivity contribution < 1.29 is 14.3 Å². The molecule has 1 N–H and O–H groups in total. The second kappa shape index (κ2) is 10.0. The van der Waals surface area contributed by atoms with Crippen LogP contribution in [-0.2, 0) is 24.2 Å². The molecular weight excluding hydrogens is 414 g/mol. The number of nitriles is 1. The van der Waals surface area contributed by atoms with E-state index in [9.17, 15) is 9.59 Å². The van der Waals surface area contributed by atoms with Gasteiger partial charge in [-0.3, -0.25) is 9.59 Å². The Morgan fingerprint density at radius 1 is 1.09 bits per heavy atom. The molecule has 0 saturated heterocycles. The van der Waals surface area contributed by atoms with Gasteiger partial charge in [0.25, 0.3) is 5.91 Å². The number of hydrogen-bond donors (Lipinski definition) is 1. The van der Waals surface area contributed by atoms with Crippen LogP contribution in [0, 0.1) is 11.3 Å². The van der Waals surface area contributed by atoms with E-state index < -0.39 is 0 Å². The maximum absolute atomic E-state index is 13.0. The second-order valence-corrected chi connectivity index (χ2v) is 7.87. The van der Waals surface area contributed by atoms with Crippen molar-refractivity contribution in [1.29, 1.82) is 5.26 Å². The largest absolute Gasteiger partial charge is 0.489 e. The first-order valence-corrected chi connectivity index (χ1v) is 11.0. The molecule has 2 amide bonds. The second-order valence-electron chi connectivity index (χ2n) is 7.87. The van der Waals surface area contributed by atoms with E-state index in [1.807, 2.05) is 67.6 Å². The molecule has 1 aliphatic heterocycles. The number of para-hydroxylation sites is 1. The number of ether oxygens (including phenoxy) is 1. The van der Waals surface area contributed by atoms with E-state index >= 15 is 0 Å². The van der Waals surface area contributed by atoms with E-state index in [0.717, 1.165) is 28.8 Å². The summed E-state index contributed by atoms with van der Waals surface area (Å²) in [5.41, 5.74) is 4.95. The number of anilines is 2. The van der Waals surface area contributed by atoms with Crippen molar-refractivity contribution in [3.8, 4) is 11.8 Å². The van der Waals surface area contributed by atoms with Crippen LogP contribution in [0.5, 0.6) is 5.75 Å². The van der Waals surface area contributed by atoms with Crippen LogP contribution in [0.4, 0.5) is 11.4 Å². The molecule has 33 heavy (non-hydrogen) atoms. The SMILES string of the molecule is CCC(=O)N1CCc2cc(C(=O)Nc3ccccc3COc3ccc(CC#N)cc3)ccc21. The van der Waals surface area contributed by atoms with Gasteiger partial charge in [0.2, 0.25) is 5.91 Å². The van der Waals surface area contributed by atoms with Crippen molar-refractivity contribution in [2.24, 2.45) is 0 Å². The van der Waals surface area contributed by atoms with Crippen LogP contribution in [0.1, 0.15) is 40.4 Å². The van der Waals surface area contributed by atoms with Gasteiger partial charge in [0.1, 0.15) is 12.4 Å². The minimum absolute atomic E-state index is 0.0968. The van der Waals surface area contributed by atoms with Gasteiger partial charge in [0, 0.05) is 35.5 Å². The summed E-state index contributed by atoms with van der Waals surface area (Å²) in [5, 5.41) is 11.8. The molecular formula is C27H25N3O3. The first kappa shape index (κ1) is 22.1. The zero-order chi connectivity index (χ0) is 23.2. The minimum Gasteiger partial charge on any atom is -0.489 e. The zero-order valence-electron chi connectivity index (χ0n) is 18.5. The highest BCUT2D eigenvalue weighted by molar-refractivity contribution is 6.05. The maximum Gasteiger partial charge on any atom is 0.255 e. The lowest BCUT2D eigenvalue weighted by molar-refractivity contribution is -0.118. The van der Waals surface area contributed by atoms with Gasteiger partial charge in [-0.2, -0.15) is 5.26 Å². The van der Waals surface area contributed by atoms with Crippen molar-refractivity contribution >= 4 is 23.2 Å².